The highest BCUT2D eigenvalue weighted by molar-refractivity contribution is 8.89. The topological polar surface area (TPSA) is 0 Å². The van der Waals surface area contributed by atoms with Gasteiger partial charge in [-0.3, -0.25) is 0 Å². The molecule has 1 heterocycles. The van der Waals surface area contributed by atoms with Crippen LogP contribution in [-0.4, -0.2) is 23.2 Å². The second kappa shape index (κ2) is 7.11. The first-order valence-electron chi connectivity index (χ1n) is 4.24. The van der Waals surface area contributed by atoms with Gasteiger partial charge in [0, 0.05) is 0 Å². The van der Waals surface area contributed by atoms with Crippen molar-refractivity contribution in [1.29, 1.82) is 0 Å². The molecule has 0 radical (unpaired) electrons. The Labute approximate surface area is 75.6 Å². The molecule has 1 fully saturated rings. The molecule has 1 aliphatic rings. The van der Waals surface area contributed by atoms with Crippen molar-refractivity contribution in [3.8, 4) is 0 Å². The summed E-state index contributed by atoms with van der Waals surface area (Å²) in [4.78, 5) is 0. The summed E-state index contributed by atoms with van der Waals surface area (Å²) in [6, 6.07) is 0. The van der Waals surface area contributed by atoms with Crippen LogP contribution >= 0.6 is 19.0 Å². The van der Waals surface area contributed by atoms with E-state index in [0.717, 1.165) is 0 Å². The van der Waals surface area contributed by atoms with E-state index >= 15 is 0 Å². The SMILES string of the molecule is C=S1CCCS1=C.CCCC. The fourth-order valence-electron chi connectivity index (χ4n) is 0.617. The summed E-state index contributed by atoms with van der Waals surface area (Å²) >= 11 is 0. The standard InChI is InChI=1S/C5H10S2.C4H10/c1-6-4-3-5-7(6)2;1-3-4-2/h1-5H2;3-4H2,1-2H3. The number of rotatable bonds is 1. The predicted molar refractivity (Wildman–Crippen MR) is 64.4 cm³/mol. The van der Waals surface area contributed by atoms with Crippen molar-refractivity contribution in [2.24, 2.45) is 0 Å². The maximum absolute atomic E-state index is 4.00. The van der Waals surface area contributed by atoms with Gasteiger partial charge in [-0.25, -0.2) is 0 Å². The quantitative estimate of drug-likeness (QED) is 0.440. The Hall–Kier alpha value is 0.440. The molecule has 1 saturated heterocycles. The van der Waals surface area contributed by atoms with E-state index in [4.69, 9.17) is 0 Å². The summed E-state index contributed by atoms with van der Waals surface area (Å²) in [5, 5.41) is 0. The van der Waals surface area contributed by atoms with E-state index in [9.17, 15) is 0 Å². The largest absolute Gasteiger partial charge is 0.142 e. The van der Waals surface area contributed by atoms with Gasteiger partial charge in [-0.15, -0.1) is 19.0 Å². The molecule has 1 rings (SSSR count). The van der Waals surface area contributed by atoms with Crippen molar-refractivity contribution in [3.63, 3.8) is 0 Å². The van der Waals surface area contributed by atoms with Gasteiger partial charge in [0.25, 0.3) is 0 Å². The van der Waals surface area contributed by atoms with E-state index in [1.54, 1.807) is 0 Å². The third-order valence-electron chi connectivity index (χ3n) is 1.58. The van der Waals surface area contributed by atoms with Crippen molar-refractivity contribution in [2.45, 2.75) is 33.1 Å². The van der Waals surface area contributed by atoms with Crippen LogP contribution in [0.3, 0.4) is 0 Å². The maximum Gasteiger partial charge on any atom is -0.00239 e. The molecule has 0 N–H and O–H groups in total. The molecule has 11 heavy (non-hydrogen) atoms. The highest BCUT2D eigenvalue weighted by Gasteiger charge is 2.04. The number of hydrogen-bond donors (Lipinski definition) is 0. The Bertz CT molecular complexity index is 122. The molecular weight excluding hydrogens is 172 g/mol. The van der Waals surface area contributed by atoms with Crippen LogP contribution in [0.4, 0.5) is 0 Å². The first-order chi connectivity index (χ1) is 5.22. The summed E-state index contributed by atoms with van der Waals surface area (Å²) < 4.78 is 0. The summed E-state index contributed by atoms with van der Waals surface area (Å²) in [6.07, 6.45) is 4.01. The molecular formula is C9H20S2. The van der Waals surface area contributed by atoms with Crippen molar-refractivity contribution < 1.29 is 0 Å². The smallest absolute Gasteiger partial charge is 0.00239 e. The van der Waals surface area contributed by atoms with E-state index in [-0.39, 0.29) is 0 Å². The van der Waals surface area contributed by atoms with Crippen LogP contribution in [0.1, 0.15) is 33.1 Å². The summed E-state index contributed by atoms with van der Waals surface area (Å²) in [7, 11) is 0.898. The molecule has 2 atom stereocenters. The van der Waals surface area contributed by atoms with E-state index in [1.807, 2.05) is 0 Å². The lowest BCUT2D eigenvalue weighted by Crippen LogP contribution is -1.65. The average Bonchev–Trinajstić information content (AvgIpc) is 2.37. The fourth-order valence-corrected chi connectivity index (χ4v) is 4.32. The van der Waals surface area contributed by atoms with Crippen LogP contribution in [0, 0.1) is 0 Å². The van der Waals surface area contributed by atoms with Gasteiger partial charge in [0.15, 0.2) is 0 Å². The maximum atomic E-state index is 4.00. The molecule has 68 valence electrons. The second-order valence-corrected chi connectivity index (χ2v) is 8.05. The summed E-state index contributed by atoms with van der Waals surface area (Å²) in [5.41, 5.74) is 0. The minimum Gasteiger partial charge on any atom is -0.142 e. The van der Waals surface area contributed by atoms with E-state index in [2.05, 4.69) is 25.6 Å². The summed E-state index contributed by atoms with van der Waals surface area (Å²) in [6.45, 7) is 4.36. The van der Waals surface area contributed by atoms with Crippen LogP contribution in [0.15, 0.2) is 0 Å². The minimum absolute atomic E-state index is 0.449. The van der Waals surface area contributed by atoms with Crippen molar-refractivity contribution in [3.05, 3.63) is 0 Å². The number of unbranched alkanes of at least 4 members (excludes halogenated alkanes) is 1. The highest BCUT2D eigenvalue weighted by Crippen LogP contribution is 2.41. The van der Waals surface area contributed by atoms with Gasteiger partial charge in [0.1, 0.15) is 0 Å². The highest BCUT2D eigenvalue weighted by atomic mass is 33.1. The van der Waals surface area contributed by atoms with Gasteiger partial charge in [-0.05, 0) is 17.9 Å². The van der Waals surface area contributed by atoms with E-state index < -0.39 is 0 Å². The Morgan fingerprint density at radius 2 is 1.36 bits per heavy atom. The minimum atomic E-state index is 0.449. The molecule has 0 aromatic rings. The van der Waals surface area contributed by atoms with Gasteiger partial charge >= 0.3 is 0 Å². The molecule has 0 spiro atoms. The lowest BCUT2D eigenvalue weighted by molar-refractivity contribution is 0.886. The van der Waals surface area contributed by atoms with Crippen molar-refractivity contribution in [2.75, 3.05) is 11.5 Å². The molecule has 2 heteroatoms. The van der Waals surface area contributed by atoms with Crippen LogP contribution in [0.2, 0.25) is 0 Å². The lowest BCUT2D eigenvalue weighted by atomic mass is 10.4. The molecule has 0 amide bonds. The van der Waals surface area contributed by atoms with Gasteiger partial charge in [0.05, 0.1) is 0 Å². The van der Waals surface area contributed by atoms with Crippen LogP contribution in [-0.2, 0) is 0 Å². The monoisotopic (exact) mass is 192 g/mol. The van der Waals surface area contributed by atoms with Crippen LogP contribution < -0.4 is 0 Å². The van der Waals surface area contributed by atoms with Crippen LogP contribution in [0.5, 0.6) is 0 Å². The molecule has 1 aliphatic heterocycles. The summed E-state index contributed by atoms with van der Waals surface area (Å²) in [5.74, 6) is 10.7. The zero-order valence-electron chi connectivity index (χ0n) is 7.77. The third kappa shape index (κ3) is 5.68. The van der Waals surface area contributed by atoms with E-state index in [0.29, 0.717) is 19.0 Å². The number of hydrogen-bond acceptors (Lipinski definition) is 0. The van der Waals surface area contributed by atoms with Crippen LogP contribution in [0.25, 0.3) is 0 Å². The van der Waals surface area contributed by atoms with E-state index in [1.165, 1.54) is 30.8 Å². The Morgan fingerprint density at radius 3 is 1.45 bits per heavy atom. The van der Waals surface area contributed by atoms with Crippen molar-refractivity contribution in [1.82, 2.24) is 0 Å². The lowest BCUT2D eigenvalue weighted by Gasteiger charge is -1.93. The van der Waals surface area contributed by atoms with Gasteiger partial charge in [-0.1, -0.05) is 38.4 Å². The van der Waals surface area contributed by atoms with Gasteiger partial charge in [-0.2, -0.15) is 0 Å². The average molecular weight is 192 g/mol. The molecule has 0 saturated carbocycles. The zero-order chi connectivity index (χ0) is 8.69. The molecule has 0 aromatic carbocycles. The van der Waals surface area contributed by atoms with Gasteiger partial charge < -0.3 is 0 Å². The predicted octanol–water partition coefficient (Wildman–Crippen LogP) is 3.51. The third-order valence-corrected chi connectivity index (χ3v) is 6.73. The first-order valence-corrected chi connectivity index (χ1v) is 7.88. The fraction of sp³-hybridized carbons (Fsp3) is 0.778. The normalized spacial score (nSPS) is 29.3. The second-order valence-electron chi connectivity index (χ2n) is 2.64. The molecule has 0 nitrogen and oxygen atoms in total. The molecule has 2 unspecified atom stereocenters. The Kier molecular flexibility index (Phi) is 7.39. The van der Waals surface area contributed by atoms with Gasteiger partial charge in [0.2, 0.25) is 0 Å². The molecule has 0 aliphatic carbocycles. The molecule has 0 bridgehead atoms. The Morgan fingerprint density at radius 1 is 1.00 bits per heavy atom. The first kappa shape index (κ1) is 11.4. The zero-order valence-corrected chi connectivity index (χ0v) is 9.40. The van der Waals surface area contributed by atoms with Crippen molar-refractivity contribution >= 4 is 30.8 Å². The Balaban J connectivity index is 0.000000218. The molecule has 0 aromatic heterocycles.